The topological polar surface area (TPSA) is 53.6 Å². The lowest BCUT2D eigenvalue weighted by Crippen LogP contribution is -2.35. The van der Waals surface area contributed by atoms with Gasteiger partial charge in [-0.15, -0.1) is 0 Å². The summed E-state index contributed by atoms with van der Waals surface area (Å²) >= 11 is 0. The van der Waals surface area contributed by atoms with Crippen molar-refractivity contribution in [2.45, 2.75) is 12.8 Å². The summed E-state index contributed by atoms with van der Waals surface area (Å²) in [6.45, 7) is 2.32. The van der Waals surface area contributed by atoms with E-state index in [1.54, 1.807) is 0 Å². The van der Waals surface area contributed by atoms with E-state index in [1.165, 1.54) is 0 Å². The number of nitrogens with zero attached hydrogens (tertiary/aromatic N) is 1. The number of carbonyl (C=O) groups excluding carboxylic acids is 1. The maximum Gasteiger partial charge on any atom is 0.319 e. The minimum absolute atomic E-state index is 0.144. The van der Waals surface area contributed by atoms with Crippen LogP contribution in [0.4, 0.5) is 16.2 Å². The van der Waals surface area contributed by atoms with E-state index in [4.69, 9.17) is 4.74 Å². The maximum absolute atomic E-state index is 11.8. The Morgan fingerprint density at radius 2 is 1.90 bits per heavy atom. The van der Waals surface area contributed by atoms with E-state index in [2.05, 4.69) is 10.6 Å². The van der Waals surface area contributed by atoms with Crippen LogP contribution < -0.4 is 15.5 Å². The minimum atomic E-state index is -0.144. The third kappa shape index (κ3) is 4.42. The summed E-state index contributed by atoms with van der Waals surface area (Å²) in [7, 11) is 3.98. The molecule has 0 spiro atoms. The van der Waals surface area contributed by atoms with Gasteiger partial charge in [0.2, 0.25) is 0 Å². The van der Waals surface area contributed by atoms with Gasteiger partial charge in [0, 0.05) is 45.2 Å². The van der Waals surface area contributed by atoms with E-state index < -0.39 is 0 Å². The predicted octanol–water partition coefficient (Wildman–Crippen LogP) is 2.30. The number of hydrogen-bond acceptors (Lipinski definition) is 3. The molecule has 0 aliphatic carbocycles. The van der Waals surface area contributed by atoms with E-state index >= 15 is 0 Å². The van der Waals surface area contributed by atoms with E-state index in [1.807, 2.05) is 43.3 Å². The fourth-order valence-corrected chi connectivity index (χ4v) is 2.21. The van der Waals surface area contributed by atoms with Crippen molar-refractivity contribution in [1.29, 1.82) is 0 Å². The highest BCUT2D eigenvalue weighted by atomic mass is 16.5. The first kappa shape index (κ1) is 14.7. The van der Waals surface area contributed by atoms with Crippen LogP contribution in [0.1, 0.15) is 12.8 Å². The Bertz CT molecular complexity index is 425. The van der Waals surface area contributed by atoms with Crippen molar-refractivity contribution >= 4 is 17.4 Å². The number of ether oxygens (including phenoxy) is 1. The van der Waals surface area contributed by atoms with Crippen molar-refractivity contribution in [1.82, 2.24) is 5.32 Å². The van der Waals surface area contributed by atoms with Gasteiger partial charge in [-0.05, 0) is 43.0 Å². The number of urea groups is 1. The van der Waals surface area contributed by atoms with E-state index in [0.717, 1.165) is 37.4 Å². The zero-order valence-electron chi connectivity index (χ0n) is 12.2. The van der Waals surface area contributed by atoms with Crippen LogP contribution in [0, 0.1) is 5.92 Å². The van der Waals surface area contributed by atoms with Gasteiger partial charge >= 0.3 is 6.03 Å². The van der Waals surface area contributed by atoms with Gasteiger partial charge in [0.25, 0.3) is 0 Å². The monoisotopic (exact) mass is 277 g/mol. The smallest absolute Gasteiger partial charge is 0.319 e. The maximum atomic E-state index is 11.8. The van der Waals surface area contributed by atoms with Crippen LogP contribution in [0.3, 0.4) is 0 Å². The average molecular weight is 277 g/mol. The quantitative estimate of drug-likeness (QED) is 0.888. The second-order valence-corrected chi connectivity index (χ2v) is 5.33. The van der Waals surface area contributed by atoms with E-state index in [-0.39, 0.29) is 6.03 Å². The molecule has 1 fully saturated rings. The predicted molar refractivity (Wildman–Crippen MR) is 81.3 cm³/mol. The number of nitrogens with one attached hydrogen (secondary N) is 2. The Balaban J connectivity index is 1.75. The lowest BCUT2D eigenvalue weighted by Gasteiger charge is -2.22. The molecular weight excluding hydrogens is 254 g/mol. The second kappa shape index (κ2) is 7.14. The van der Waals surface area contributed by atoms with E-state index in [0.29, 0.717) is 12.5 Å². The van der Waals surface area contributed by atoms with Gasteiger partial charge in [-0.3, -0.25) is 0 Å². The summed E-state index contributed by atoms with van der Waals surface area (Å²) in [5, 5.41) is 5.77. The summed E-state index contributed by atoms with van der Waals surface area (Å²) in [5.41, 5.74) is 1.92. The summed E-state index contributed by atoms with van der Waals surface area (Å²) < 4.78 is 5.30. The molecule has 0 atom stereocenters. The molecule has 5 heteroatoms. The molecule has 20 heavy (non-hydrogen) atoms. The first-order valence-corrected chi connectivity index (χ1v) is 7.05. The number of amides is 2. The highest BCUT2D eigenvalue weighted by Gasteiger charge is 2.14. The Labute approximate surface area is 120 Å². The minimum Gasteiger partial charge on any atom is -0.381 e. The molecule has 0 bridgehead atoms. The van der Waals surface area contributed by atoms with Gasteiger partial charge < -0.3 is 20.3 Å². The molecule has 0 radical (unpaired) electrons. The lowest BCUT2D eigenvalue weighted by molar-refractivity contribution is 0.0671. The van der Waals surface area contributed by atoms with Crippen LogP contribution >= 0.6 is 0 Å². The standard InChI is InChI=1S/C15H23N3O2/c1-18(2)14-5-3-13(4-6-14)17-15(19)16-11-12-7-9-20-10-8-12/h3-6,12H,7-11H2,1-2H3,(H2,16,17,19). The fourth-order valence-electron chi connectivity index (χ4n) is 2.21. The van der Waals surface area contributed by atoms with Gasteiger partial charge in [-0.2, -0.15) is 0 Å². The molecule has 2 N–H and O–H groups in total. The van der Waals surface area contributed by atoms with Crippen molar-refractivity contribution in [2.24, 2.45) is 5.92 Å². The van der Waals surface area contributed by atoms with E-state index in [9.17, 15) is 4.79 Å². The fraction of sp³-hybridized carbons (Fsp3) is 0.533. The number of hydrogen-bond donors (Lipinski definition) is 2. The SMILES string of the molecule is CN(C)c1ccc(NC(=O)NCC2CCOCC2)cc1. The first-order valence-electron chi connectivity index (χ1n) is 7.05. The molecule has 0 saturated carbocycles. The summed E-state index contributed by atoms with van der Waals surface area (Å²) in [6.07, 6.45) is 2.05. The number of carbonyl (C=O) groups is 1. The Kier molecular flexibility index (Phi) is 5.24. The highest BCUT2D eigenvalue weighted by Crippen LogP contribution is 2.16. The molecule has 1 aliphatic rings. The molecular formula is C15H23N3O2. The molecule has 1 heterocycles. The van der Waals surface area contributed by atoms with Crippen LogP contribution in [0.15, 0.2) is 24.3 Å². The van der Waals surface area contributed by atoms with Crippen LogP contribution in [0.25, 0.3) is 0 Å². The second-order valence-electron chi connectivity index (χ2n) is 5.33. The summed E-state index contributed by atoms with van der Waals surface area (Å²) in [5.74, 6) is 0.533. The third-order valence-electron chi connectivity index (χ3n) is 3.53. The lowest BCUT2D eigenvalue weighted by atomic mass is 10.0. The van der Waals surface area contributed by atoms with Gasteiger partial charge in [0.1, 0.15) is 0 Å². The highest BCUT2D eigenvalue weighted by molar-refractivity contribution is 5.89. The normalized spacial score (nSPS) is 15.7. The van der Waals surface area contributed by atoms with Crippen molar-refractivity contribution in [2.75, 3.05) is 44.1 Å². The van der Waals surface area contributed by atoms with Crippen LogP contribution in [-0.2, 0) is 4.74 Å². The van der Waals surface area contributed by atoms with Crippen molar-refractivity contribution < 1.29 is 9.53 Å². The summed E-state index contributed by atoms with van der Waals surface area (Å²) in [6, 6.07) is 7.63. The average Bonchev–Trinajstić information content (AvgIpc) is 2.47. The largest absolute Gasteiger partial charge is 0.381 e. The van der Waals surface area contributed by atoms with Gasteiger partial charge in [0.05, 0.1) is 0 Å². The molecule has 2 amide bonds. The van der Waals surface area contributed by atoms with Crippen molar-refractivity contribution in [3.63, 3.8) is 0 Å². The number of rotatable bonds is 4. The molecule has 1 saturated heterocycles. The number of anilines is 2. The molecule has 110 valence electrons. The zero-order valence-corrected chi connectivity index (χ0v) is 12.2. The Hall–Kier alpha value is -1.75. The first-order chi connectivity index (χ1) is 9.65. The molecule has 1 aromatic rings. The molecule has 1 aromatic carbocycles. The Morgan fingerprint density at radius 1 is 1.25 bits per heavy atom. The van der Waals surface area contributed by atoms with Crippen LogP contribution in [0.5, 0.6) is 0 Å². The molecule has 2 rings (SSSR count). The van der Waals surface area contributed by atoms with Crippen molar-refractivity contribution in [3.05, 3.63) is 24.3 Å². The van der Waals surface area contributed by atoms with Crippen LogP contribution in [0.2, 0.25) is 0 Å². The number of benzene rings is 1. The Morgan fingerprint density at radius 3 is 2.50 bits per heavy atom. The molecule has 0 unspecified atom stereocenters. The summed E-state index contributed by atoms with van der Waals surface area (Å²) in [4.78, 5) is 13.8. The zero-order chi connectivity index (χ0) is 14.4. The van der Waals surface area contributed by atoms with Crippen LogP contribution in [-0.4, -0.2) is 39.9 Å². The molecule has 5 nitrogen and oxygen atoms in total. The third-order valence-corrected chi connectivity index (χ3v) is 3.53. The van der Waals surface area contributed by atoms with Gasteiger partial charge in [-0.1, -0.05) is 0 Å². The van der Waals surface area contributed by atoms with Crippen molar-refractivity contribution in [3.8, 4) is 0 Å². The molecule has 1 aliphatic heterocycles. The molecule has 0 aromatic heterocycles. The van der Waals surface area contributed by atoms with Gasteiger partial charge in [0.15, 0.2) is 0 Å². The van der Waals surface area contributed by atoms with Gasteiger partial charge in [-0.25, -0.2) is 4.79 Å².